The van der Waals surface area contributed by atoms with Crippen LogP contribution in [0.5, 0.6) is 0 Å². The zero-order valence-corrected chi connectivity index (χ0v) is 7.36. The second-order valence-electron chi connectivity index (χ2n) is 3.20. The highest BCUT2D eigenvalue weighted by molar-refractivity contribution is 5.03. The molecule has 1 aliphatic rings. The summed E-state index contributed by atoms with van der Waals surface area (Å²) in [7, 11) is 0. The van der Waals surface area contributed by atoms with E-state index in [1.807, 2.05) is 13.0 Å². The predicted octanol–water partition coefficient (Wildman–Crippen LogP) is -0.0301. The molecule has 1 aromatic heterocycles. The van der Waals surface area contributed by atoms with Gasteiger partial charge in [-0.2, -0.15) is 0 Å². The van der Waals surface area contributed by atoms with E-state index in [0.717, 1.165) is 5.57 Å². The summed E-state index contributed by atoms with van der Waals surface area (Å²) in [5, 5.41) is 0. The highest BCUT2D eigenvalue weighted by atomic mass is 16.2. The van der Waals surface area contributed by atoms with E-state index in [4.69, 9.17) is 0 Å². The van der Waals surface area contributed by atoms with Gasteiger partial charge in [-0.05, 0) is 6.92 Å². The number of fused-ring (bicyclic) bond motifs is 1. The summed E-state index contributed by atoms with van der Waals surface area (Å²) >= 11 is 0. The van der Waals surface area contributed by atoms with Crippen LogP contribution >= 0.6 is 0 Å². The quantitative estimate of drug-likeness (QED) is 0.524. The first-order chi connectivity index (χ1) is 6.18. The molecule has 0 N–H and O–H groups in total. The minimum Gasteiger partial charge on any atom is -0.268 e. The fraction of sp³-hybridized carbons (Fsp3) is 0.333. The molecule has 1 aromatic rings. The molecule has 0 aromatic carbocycles. The van der Waals surface area contributed by atoms with Crippen LogP contribution in [0.2, 0.25) is 0 Å². The molecule has 0 unspecified atom stereocenters. The van der Waals surface area contributed by atoms with Crippen LogP contribution in [0.1, 0.15) is 6.92 Å². The highest BCUT2D eigenvalue weighted by Gasteiger charge is 2.08. The van der Waals surface area contributed by atoms with Gasteiger partial charge in [-0.3, -0.25) is 9.59 Å². The van der Waals surface area contributed by atoms with Crippen LogP contribution in [0.25, 0.3) is 0 Å². The van der Waals surface area contributed by atoms with Crippen molar-refractivity contribution in [2.75, 3.05) is 0 Å². The molecule has 0 radical (unpaired) electrons. The van der Waals surface area contributed by atoms with E-state index in [2.05, 4.69) is 0 Å². The van der Waals surface area contributed by atoms with Crippen molar-refractivity contribution in [2.45, 2.75) is 20.0 Å². The van der Waals surface area contributed by atoms with Gasteiger partial charge in [0.1, 0.15) is 0 Å². The number of hydrogen-bond donors (Lipinski definition) is 0. The Labute approximate surface area is 74.7 Å². The molecule has 0 fully saturated rings. The molecule has 0 spiro atoms. The lowest BCUT2D eigenvalue weighted by molar-refractivity contribution is 0.444. The Bertz CT molecular complexity index is 479. The lowest BCUT2D eigenvalue weighted by Crippen LogP contribution is -2.39. The van der Waals surface area contributed by atoms with E-state index >= 15 is 0 Å². The predicted molar refractivity (Wildman–Crippen MR) is 48.7 cm³/mol. The zero-order valence-electron chi connectivity index (χ0n) is 7.36. The van der Waals surface area contributed by atoms with E-state index in [-0.39, 0.29) is 11.1 Å². The van der Waals surface area contributed by atoms with Crippen LogP contribution in [0.3, 0.4) is 0 Å². The molecule has 0 amide bonds. The van der Waals surface area contributed by atoms with Crippen LogP contribution in [0.4, 0.5) is 0 Å². The third-order valence-electron chi connectivity index (χ3n) is 2.18. The maximum Gasteiger partial charge on any atom is 0.265 e. The van der Waals surface area contributed by atoms with E-state index in [0.29, 0.717) is 13.1 Å². The molecule has 2 rings (SSSR count). The molecule has 0 saturated carbocycles. The van der Waals surface area contributed by atoms with Gasteiger partial charge in [0.2, 0.25) is 0 Å². The van der Waals surface area contributed by atoms with Crippen LogP contribution in [0.15, 0.2) is 33.4 Å². The number of allylic oxidation sites excluding steroid dienone is 2. The second kappa shape index (κ2) is 2.73. The van der Waals surface area contributed by atoms with Gasteiger partial charge in [0.25, 0.3) is 11.1 Å². The molecule has 0 saturated heterocycles. The molecule has 2 heterocycles. The van der Waals surface area contributed by atoms with Crippen molar-refractivity contribution >= 4 is 0 Å². The number of aromatic nitrogens is 2. The van der Waals surface area contributed by atoms with Crippen molar-refractivity contribution in [2.24, 2.45) is 0 Å². The minimum atomic E-state index is -0.122. The summed E-state index contributed by atoms with van der Waals surface area (Å²) < 4.78 is 2.92. The van der Waals surface area contributed by atoms with Crippen LogP contribution in [-0.4, -0.2) is 9.36 Å². The monoisotopic (exact) mass is 178 g/mol. The average molecular weight is 178 g/mol. The van der Waals surface area contributed by atoms with Crippen LogP contribution in [0, 0.1) is 0 Å². The number of nitrogens with zero attached hydrogens (tertiary/aromatic N) is 2. The van der Waals surface area contributed by atoms with Crippen molar-refractivity contribution < 1.29 is 0 Å². The number of hydrogen-bond acceptors (Lipinski definition) is 2. The smallest absolute Gasteiger partial charge is 0.265 e. The van der Waals surface area contributed by atoms with E-state index in [1.165, 1.54) is 21.5 Å². The van der Waals surface area contributed by atoms with Gasteiger partial charge in [-0.15, -0.1) is 0 Å². The van der Waals surface area contributed by atoms with Gasteiger partial charge in [0.05, 0.1) is 13.1 Å². The Morgan fingerprint density at radius 2 is 1.77 bits per heavy atom. The van der Waals surface area contributed by atoms with Crippen LogP contribution < -0.4 is 11.1 Å². The summed E-state index contributed by atoms with van der Waals surface area (Å²) in [5.74, 6) is 0. The van der Waals surface area contributed by atoms with Crippen molar-refractivity contribution in [1.29, 1.82) is 0 Å². The minimum absolute atomic E-state index is 0.118. The molecule has 4 nitrogen and oxygen atoms in total. The van der Waals surface area contributed by atoms with Crippen molar-refractivity contribution in [3.05, 3.63) is 44.5 Å². The van der Waals surface area contributed by atoms with Crippen molar-refractivity contribution in [1.82, 2.24) is 9.36 Å². The van der Waals surface area contributed by atoms with Crippen molar-refractivity contribution in [3.8, 4) is 0 Å². The molecule has 4 heteroatoms. The standard InChI is InChI=1S/C9H10N2O2/c1-7-4-5-10-8(12)2-3-9(13)11(10)6-7/h2-4H,5-6H2,1H3. The van der Waals surface area contributed by atoms with Gasteiger partial charge >= 0.3 is 0 Å². The second-order valence-corrected chi connectivity index (χ2v) is 3.20. The normalized spacial score (nSPS) is 15.0. The fourth-order valence-electron chi connectivity index (χ4n) is 1.45. The molecule has 13 heavy (non-hydrogen) atoms. The third kappa shape index (κ3) is 1.24. The molecule has 68 valence electrons. The summed E-state index contributed by atoms with van der Waals surface area (Å²) in [6.45, 7) is 2.98. The molecule has 0 aliphatic carbocycles. The van der Waals surface area contributed by atoms with E-state index in [9.17, 15) is 9.59 Å². The lowest BCUT2D eigenvalue weighted by Gasteiger charge is -2.18. The van der Waals surface area contributed by atoms with Gasteiger partial charge in [-0.25, -0.2) is 9.36 Å². The first kappa shape index (κ1) is 8.04. The molecular weight excluding hydrogens is 168 g/mol. The average Bonchev–Trinajstić information content (AvgIpc) is 2.12. The van der Waals surface area contributed by atoms with Gasteiger partial charge in [-0.1, -0.05) is 11.6 Å². The first-order valence-electron chi connectivity index (χ1n) is 4.15. The third-order valence-corrected chi connectivity index (χ3v) is 2.18. The Kier molecular flexibility index (Phi) is 1.69. The van der Waals surface area contributed by atoms with Crippen LogP contribution in [-0.2, 0) is 13.1 Å². The molecular formula is C9H10N2O2. The fourth-order valence-corrected chi connectivity index (χ4v) is 1.45. The first-order valence-corrected chi connectivity index (χ1v) is 4.15. The Hall–Kier alpha value is -1.58. The van der Waals surface area contributed by atoms with Gasteiger partial charge in [0, 0.05) is 12.1 Å². The summed E-state index contributed by atoms with van der Waals surface area (Å²) in [6.07, 6.45) is 1.96. The molecule has 1 aliphatic heterocycles. The Morgan fingerprint density at radius 1 is 1.15 bits per heavy atom. The number of rotatable bonds is 0. The topological polar surface area (TPSA) is 44.0 Å². The summed E-state index contributed by atoms with van der Waals surface area (Å²) in [5.41, 5.74) is 0.878. The maximum absolute atomic E-state index is 11.3. The maximum atomic E-state index is 11.3. The summed E-state index contributed by atoms with van der Waals surface area (Å²) in [6, 6.07) is 2.63. The van der Waals surface area contributed by atoms with Gasteiger partial charge in [0.15, 0.2) is 0 Å². The Balaban J connectivity index is 2.70. The largest absolute Gasteiger partial charge is 0.268 e. The van der Waals surface area contributed by atoms with E-state index in [1.54, 1.807) is 0 Å². The zero-order chi connectivity index (χ0) is 9.42. The van der Waals surface area contributed by atoms with Gasteiger partial charge < -0.3 is 0 Å². The highest BCUT2D eigenvalue weighted by Crippen LogP contribution is 2.01. The molecule has 0 bridgehead atoms. The SMILES string of the molecule is CC1=CCn2c(=O)ccc(=O)n2C1. The Morgan fingerprint density at radius 3 is 2.46 bits per heavy atom. The summed E-state index contributed by atoms with van der Waals surface area (Å²) in [4.78, 5) is 22.6. The van der Waals surface area contributed by atoms with E-state index < -0.39 is 0 Å². The van der Waals surface area contributed by atoms with Crippen molar-refractivity contribution in [3.63, 3.8) is 0 Å². The lowest BCUT2D eigenvalue weighted by atomic mass is 10.2. The molecule has 0 atom stereocenters.